The number of carbonyl (C=O) groups is 2. The van der Waals surface area contributed by atoms with Crippen molar-refractivity contribution in [3.05, 3.63) is 39.7 Å². The first-order valence-electron chi connectivity index (χ1n) is 12.1. The zero-order valence-electron chi connectivity index (χ0n) is 23.0. The van der Waals surface area contributed by atoms with E-state index in [2.05, 4.69) is 16.7 Å². The molecule has 0 aromatic carbocycles. The smallest absolute Gasteiger partial charge is 0.645 e. The van der Waals surface area contributed by atoms with Crippen LogP contribution in [-0.4, -0.2) is 89.3 Å². The van der Waals surface area contributed by atoms with Crippen LogP contribution in [0.15, 0.2) is 12.1 Å². The number of pyridine rings is 1. The molecular weight excluding hydrogens is 524 g/mol. The van der Waals surface area contributed by atoms with E-state index < -0.39 is 22.3 Å². The maximum absolute atomic E-state index is 13.5. The minimum atomic E-state index is -1.23. The average Bonchev–Trinajstić information content (AvgIpc) is 2.76. The Balaban J connectivity index is 0.00000481. The first kappa shape index (κ1) is 31.2. The summed E-state index contributed by atoms with van der Waals surface area (Å²) in [5.41, 5.74) is -2.16. The molecule has 11 heteroatoms. The minimum Gasteiger partial charge on any atom is -0.645 e. The van der Waals surface area contributed by atoms with Crippen molar-refractivity contribution < 1.29 is 36.1 Å². The fourth-order valence-corrected chi connectivity index (χ4v) is 4.91. The molecule has 2 amide bonds. The Hall–Kier alpha value is -2.06. The molecule has 1 aromatic rings. The van der Waals surface area contributed by atoms with Crippen LogP contribution in [0, 0.1) is 11.3 Å². The van der Waals surface area contributed by atoms with Crippen molar-refractivity contribution >= 4 is 11.8 Å². The first-order valence-corrected chi connectivity index (χ1v) is 12.1. The predicted molar refractivity (Wildman–Crippen MR) is 135 cm³/mol. The van der Waals surface area contributed by atoms with E-state index in [-0.39, 0.29) is 42.0 Å². The molecule has 1 radical (unpaired) electrons. The summed E-state index contributed by atoms with van der Waals surface area (Å²) in [4.78, 5) is 35.8. The van der Waals surface area contributed by atoms with Crippen LogP contribution in [0.5, 0.6) is 0 Å². The number of nitrogens with zero attached hydrogens (tertiary/aromatic N) is 6. The van der Waals surface area contributed by atoms with E-state index >= 15 is 0 Å². The summed E-state index contributed by atoms with van der Waals surface area (Å²) in [5, 5.41) is 18.9. The number of aromatic nitrogens is 1. The molecule has 4 atom stereocenters. The monoisotopic (exact) mass is 561 g/mol. The Morgan fingerprint density at radius 3 is 1.51 bits per heavy atom. The van der Waals surface area contributed by atoms with E-state index in [0.29, 0.717) is 43.1 Å². The molecule has 2 aliphatic heterocycles. The molecular formula is C26H38CuN6O4. The van der Waals surface area contributed by atoms with Crippen LogP contribution in [-0.2, 0) is 49.2 Å². The molecule has 0 N–H and O–H groups in total. The van der Waals surface area contributed by atoms with Crippen LogP contribution < -0.4 is 0 Å². The number of ether oxygens (including phenoxy) is 2. The van der Waals surface area contributed by atoms with Gasteiger partial charge in [0.05, 0.1) is 34.8 Å². The fourth-order valence-electron chi connectivity index (χ4n) is 4.91. The van der Waals surface area contributed by atoms with Gasteiger partial charge in [0.15, 0.2) is 0 Å². The van der Waals surface area contributed by atoms with E-state index in [4.69, 9.17) is 14.5 Å². The molecule has 0 saturated carbocycles. The number of nitriles is 1. The van der Waals surface area contributed by atoms with E-state index in [0.717, 1.165) is 0 Å². The van der Waals surface area contributed by atoms with Crippen LogP contribution in [0.4, 0.5) is 0 Å². The van der Waals surface area contributed by atoms with Gasteiger partial charge in [0.1, 0.15) is 11.2 Å². The summed E-state index contributed by atoms with van der Waals surface area (Å²) in [6, 6.07) is 5.75. The van der Waals surface area contributed by atoms with Gasteiger partial charge in [-0.3, -0.25) is 14.8 Å². The maximum Gasteiger partial charge on any atom is 2.00 e. The van der Waals surface area contributed by atoms with Gasteiger partial charge >= 0.3 is 17.1 Å². The van der Waals surface area contributed by atoms with Crippen LogP contribution in [0.2, 0.25) is 0 Å². The van der Waals surface area contributed by atoms with Crippen molar-refractivity contribution in [1.29, 1.82) is 5.26 Å². The third-order valence-corrected chi connectivity index (χ3v) is 6.72. The SMILES string of the molecule is CO[C@]1(C)CN2Cc3cc(C#N)cc(n3)CN(CC(C)(C)[N-]C1=O)C[C@](C)(OC)C(=O)[N-]C(C)(C)C2.[Cu+2]. The van der Waals surface area contributed by atoms with Gasteiger partial charge < -0.3 is 29.7 Å². The number of carbonyl (C=O) groups excluding carboxylic acids is 2. The van der Waals surface area contributed by atoms with Gasteiger partial charge in [-0.05, 0) is 39.1 Å². The molecule has 2 aliphatic rings. The van der Waals surface area contributed by atoms with Gasteiger partial charge in [0, 0.05) is 40.4 Å². The van der Waals surface area contributed by atoms with Gasteiger partial charge in [0.25, 0.3) is 0 Å². The van der Waals surface area contributed by atoms with Crippen molar-refractivity contribution in [3.8, 4) is 6.07 Å². The van der Waals surface area contributed by atoms with Crippen molar-refractivity contribution in [2.24, 2.45) is 0 Å². The molecule has 0 spiro atoms. The Labute approximate surface area is 230 Å². The molecule has 3 rings (SSSR count). The minimum absolute atomic E-state index is 0. The Kier molecular flexibility index (Phi) is 9.57. The van der Waals surface area contributed by atoms with Gasteiger partial charge in [-0.15, -0.1) is 0 Å². The summed E-state index contributed by atoms with van der Waals surface area (Å²) in [5.74, 6) is -0.706. The summed E-state index contributed by atoms with van der Waals surface area (Å²) in [7, 11) is 3.00. The Morgan fingerprint density at radius 1 is 0.811 bits per heavy atom. The van der Waals surface area contributed by atoms with Gasteiger partial charge in [-0.1, -0.05) is 38.8 Å². The quantitative estimate of drug-likeness (QED) is 0.505. The van der Waals surface area contributed by atoms with E-state index in [9.17, 15) is 14.9 Å². The molecule has 10 nitrogen and oxygen atoms in total. The van der Waals surface area contributed by atoms with Crippen LogP contribution in [0.25, 0.3) is 10.6 Å². The van der Waals surface area contributed by atoms with Crippen molar-refractivity contribution in [1.82, 2.24) is 14.8 Å². The van der Waals surface area contributed by atoms with Crippen molar-refractivity contribution in [3.63, 3.8) is 0 Å². The van der Waals surface area contributed by atoms with Gasteiger partial charge in [0.2, 0.25) is 0 Å². The summed E-state index contributed by atoms with van der Waals surface area (Å²) in [6.45, 7) is 12.7. The molecule has 1 aromatic heterocycles. The number of hydrogen-bond acceptors (Lipinski definition) is 8. The molecule has 4 bridgehead atoms. The maximum atomic E-state index is 13.5. The topological polar surface area (TPSA) is 124 Å². The van der Waals surface area contributed by atoms with Crippen LogP contribution in [0.1, 0.15) is 58.5 Å². The summed E-state index contributed by atoms with van der Waals surface area (Å²) >= 11 is 0. The summed E-state index contributed by atoms with van der Waals surface area (Å²) in [6.07, 6.45) is 0. The molecule has 0 saturated heterocycles. The standard InChI is InChI=1S/C26H40N6O4.Cu/c1-23(2)14-31-12-19-9-18(11-27)10-20(28-19)13-32(17-25(5,35-7)21(33)29-23)15-24(3,4)30-22(34)26(6,16-31)36-8;/h9-10H,12-17H2,1-8H3,(H2,29,30,33,34);/q;+2/p-2/t25-,26+;. The average molecular weight is 562 g/mol. The largest absolute Gasteiger partial charge is 2.00 e. The summed E-state index contributed by atoms with van der Waals surface area (Å²) < 4.78 is 11.5. The van der Waals surface area contributed by atoms with Crippen molar-refractivity contribution in [2.45, 2.75) is 76.9 Å². The molecule has 0 fully saturated rings. The number of methoxy groups -OCH3 is 2. The Bertz CT molecular complexity index is 986. The van der Waals surface area contributed by atoms with E-state index in [1.165, 1.54) is 14.2 Å². The second-order valence-electron chi connectivity index (χ2n) is 11.6. The Morgan fingerprint density at radius 2 is 1.19 bits per heavy atom. The van der Waals surface area contributed by atoms with Crippen LogP contribution in [0.3, 0.4) is 0 Å². The number of fused-ring (bicyclic) bond motifs is 2. The first-order chi connectivity index (χ1) is 16.6. The number of amides is 2. The van der Waals surface area contributed by atoms with Crippen molar-refractivity contribution in [2.75, 3.05) is 40.4 Å². The third kappa shape index (κ3) is 7.50. The molecule has 0 aliphatic carbocycles. The van der Waals surface area contributed by atoms with E-state index in [1.54, 1.807) is 26.0 Å². The molecule has 3 heterocycles. The second-order valence-corrected chi connectivity index (χ2v) is 11.6. The zero-order chi connectivity index (χ0) is 26.9. The third-order valence-electron chi connectivity index (χ3n) is 6.72. The van der Waals surface area contributed by atoms with E-state index in [1.807, 2.05) is 37.5 Å². The zero-order valence-corrected chi connectivity index (χ0v) is 24.0. The molecule has 207 valence electrons. The molecule has 2 unspecified atom stereocenters. The normalized spacial score (nSPS) is 31.8. The van der Waals surface area contributed by atoms with Gasteiger partial charge in [-0.25, -0.2) is 0 Å². The molecule has 37 heavy (non-hydrogen) atoms. The fraction of sp³-hybridized carbons (Fsp3) is 0.692. The number of hydrogen-bond donors (Lipinski definition) is 0. The van der Waals surface area contributed by atoms with Crippen LogP contribution >= 0.6 is 0 Å². The number of rotatable bonds is 2. The van der Waals surface area contributed by atoms with Gasteiger partial charge in [-0.2, -0.15) is 5.26 Å². The predicted octanol–water partition coefficient (Wildman–Crippen LogP) is 2.75. The second kappa shape index (κ2) is 11.4.